The van der Waals surface area contributed by atoms with Crippen LogP contribution in [-0.2, 0) is 21.7 Å². The predicted octanol–water partition coefficient (Wildman–Crippen LogP) is 9.36. The Bertz CT molecular complexity index is 1090. The molecule has 0 aromatic heterocycles. The molecule has 2 aromatic carbocycles. The summed E-state index contributed by atoms with van der Waals surface area (Å²) in [5.74, 6) is 1.99. The number of benzene rings is 2. The van der Waals surface area contributed by atoms with Gasteiger partial charge in [-0.3, -0.25) is 0 Å². The second-order valence-electron chi connectivity index (χ2n) is 15.1. The van der Waals surface area contributed by atoms with Gasteiger partial charge < -0.3 is 0 Å². The van der Waals surface area contributed by atoms with Crippen molar-refractivity contribution >= 4 is 18.6 Å². The molecule has 2 aliphatic heterocycles. The zero-order valence-corrected chi connectivity index (χ0v) is 24.9. The van der Waals surface area contributed by atoms with Gasteiger partial charge in [0.25, 0.3) is 0 Å². The first-order chi connectivity index (χ1) is 15.0. The van der Waals surface area contributed by atoms with Crippen molar-refractivity contribution in [3.05, 3.63) is 46.5 Å². The van der Waals surface area contributed by atoms with Crippen LogP contribution in [0, 0.1) is 0 Å². The van der Waals surface area contributed by atoms with Gasteiger partial charge in [0.2, 0.25) is 0 Å². The van der Waals surface area contributed by atoms with Crippen molar-refractivity contribution in [3.8, 4) is 11.5 Å². The number of rotatable bonds is 0. The van der Waals surface area contributed by atoms with Crippen LogP contribution in [0.15, 0.2) is 24.3 Å². The van der Waals surface area contributed by atoms with Gasteiger partial charge in [-0.1, -0.05) is 0 Å². The molecule has 0 atom stereocenters. The first-order valence-corrected chi connectivity index (χ1v) is 15.5. The molecule has 3 nitrogen and oxygen atoms in total. The summed E-state index contributed by atoms with van der Waals surface area (Å²) >= 11 is 0. The quantitative estimate of drug-likeness (QED) is 0.348. The summed E-state index contributed by atoms with van der Waals surface area (Å²) in [4.78, 5) is 0. The Morgan fingerprint density at radius 3 is 1.12 bits per heavy atom. The van der Waals surface area contributed by atoms with Gasteiger partial charge in [0.05, 0.1) is 0 Å². The fourth-order valence-electron chi connectivity index (χ4n) is 5.07. The first kappa shape index (κ1) is 25.4. The van der Waals surface area contributed by atoms with Gasteiger partial charge in [-0.2, -0.15) is 0 Å². The van der Waals surface area contributed by atoms with Crippen molar-refractivity contribution in [1.29, 1.82) is 0 Å². The second-order valence-corrected chi connectivity index (χ2v) is 19.4. The molecule has 2 heterocycles. The van der Waals surface area contributed by atoms with Crippen molar-refractivity contribution in [2.75, 3.05) is 18.0 Å². The van der Waals surface area contributed by atoms with E-state index >= 15 is 0 Å². The molecule has 0 fully saturated rings. The van der Waals surface area contributed by atoms with E-state index in [9.17, 15) is 0 Å². The summed E-state index contributed by atoms with van der Waals surface area (Å²) in [7, 11) is -3.22. The second kappa shape index (κ2) is 6.73. The Hall–Kier alpha value is -1.73. The number of fused-ring (bicyclic) bond motifs is 5. The maximum absolute atomic E-state index is 7.04. The molecular formula is C30H46NO2P. The summed E-state index contributed by atoms with van der Waals surface area (Å²) in [6, 6.07) is 9.41. The summed E-state index contributed by atoms with van der Waals surface area (Å²) in [5, 5.41) is 0. The van der Waals surface area contributed by atoms with Crippen LogP contribution >= 0.6 is 7.21 Å². The maximum atomic E-state index is 7.04. The molecule has 0 unspecified atom stereocenters. The fraction of sp³-hybridized carbons (Fsp3) is 0.600. The molecule has 0 radical (unpaired) electrons. The van der Waals surface area contributed by atoms with Gasteiger partial charge in [0, 0.05) is 0 Å². The average Bonchev–Trinajstić information content (AvgIpc) is 2.98. The Morgan fingerprint density at radius 2 is 0.853 bits per heavy atom. The molecule has 4 rings (SSSR count). The van der Waals surface area contributed by atoms with E-state index in [0.29, 0.717) is 0 Å². The van der Waals surface area contributed by atoms with E-state index in [2.05, 4.69) is 125 Å². The van der Waals surface area contributed by atoms with Crippen molar-refractivity contribution in [2.45, 2.75) is 105 Å². The van der Waals surface area contributed by atoms with Gasteiger partial charge in [-0.15, -0.1) is 0 Å². The molecule has 34 heavy (non-hydrogen) atoms. The minimum atomic E-state index is -3.22. The molecule has 0 saturated heterocycles. The Labute approximate surface area is 208 Å². The van der Waals surface area contributed by atoms with Gasteiger partial charge >= 0.3 is 208 Å². The molecule has 0 bridgehead atoms. The summed E-state index contributed by atoms with van der Waals surface area (Å²) in [5.41, 5.74) is 7.46. The zero-order valence-electron chi connectivity index (χ0n) is 24.0. The number of nitrogens with zero attached hydrogens (tertiary/aromatic N) is 1. The van der Waals surface area contributed by atoms with Crippen LogP contribution in [-0.4, -0.2) is 13.3 Å². The fourth-order valence-corrected chi connectivity index (χ4v) is 8.21. The summed E-state index contributed by atoms with van der Waals surface area (Å²) < 4.78 is 16.5. The van der Waals surface area contributed by atoms with Crippen molar-refractivity contribution in [3.63, 3.8) is 0 Å². The Balaban J connectivity index is 2.10. The van der Waals surface area contributed by atoms with E-state index in [4.69, 9.17) is 9.05 Å². The van der Waals surface area contributed by atoms with E-state index in [-0.39, 0.29) is 21.7 Å². The Kier molecular flexibility index (Phi) is 5.02. The van der Waals surface area contributed by atoms with Gasteiger partial charge in [0.15, 0.2) is 0 Å². The number of hydrogen-bond donors (Lipinski definition) is 0. The molecule has 188 valence electrons. The molecule has 2 aromatic rings. The van der Waals surface area contributed by atoms with Crippen LogP contribution in [0.2, 0.25) is 0 Å². The monoisotopic (exact) mass is 483 g/mol. The average molecular weight is 484 g/mol. The SMILES string of the molecule is CC(C)(C)c1cc2c(c(C(C)(C)C)c1)OP1(C)(C)Oc3c(cc(C(C)(C)C)cc3C(C)(C)C)N21. The van der Waals surface area contributed by atoms with E-state index < -0.39 is 7.21 Å². The van der Waals surface area contributed by atoms with E-state index in [1.807, 2.05) is 0 Å². The van der Waals surface area contributed by atoms with E-state index in [0.717, 1.165) is 22.9 Å². The van der Waals surface area contributed by atoms with Gasteiger partial charge in [0.1, 0.15) is 0 Å². The molecule has 0 N–H and O–H groups in total. The van der Waals surface area contributed by atoms with Crippen LogP contribution in [0.4, 0.5) is 11.4 Å². The van der Waals surface area contributed by atoms with Gasteiger partial charge in [-0.25, -0.2) is 0 Å². The molecule has 0 spiro atoms. The first-order valence-electron chi connectivity index (χ1n) is 12.6. The van der Waals surface area contributed by atoms with E-state index in [1.165, 1.54) is 22.3 Å². The third-order valence-corrected chi connectivity index (χ3v) is 10.2. The Morgan fingerprint density at radius 1 is 0.529 bits per heavy atom. The van der Waals surface area contributed by atoms with Gasteiger partial charge in [-0.05, 0) is 0 Å². The molecule has 0 aliphatic carbocycles. The summed E-state index contributed by atoms with van der Waals surface area (Å²) in [6.45, 7) is 31.8. The summed E-state index contributed by atoms with van der Waals surface area (Å²) in [6.07, 6.45) is 0. The molecule has 0 amide bonds. The van der Waals surface area contributed by atoms with Crippen LogP contribution in [0.5, 0.6) is 11.5 Å². The van der Waals surface area contributed by atoms with E-state index in [1.54, 1.807) is 0 Å². The number of hydrogen-bond acceptors (Lipinski definition) is 3. The topological polar surface area (TPSA) is 21.7 Å². The molecule has 0 saturated carbocycles. The van der Waals surface area contributed by atoms with Crippen LogP contribution in [0.1, 0.15) is 105 Å². The predicted molar refractivity (Wildman–Crippen MR) is 150 cm³/mol. The molecule has 4 heteroatoms. The third-order valence-electron chi connectivity index (χ3n) is 7.21. The molecule has 2 aliphatic rings. The standard InChI is InChI=1S/C30H46NO2P/c1-27(2,3)19-15-21(29(7,8)9)25-23(17-19)31-24-18-20(28(4,5)6)16-22(30(10,11)12)26(24)33-34(31,13,14)32-25/h15-18H,1-14H3. The van der Waals surface area contributed by atoms with Crippen molar-refractivity contribution in [1.82, 2.24) is 0 Å². The normalized spacial score (nSPS) is 19.9. The van der Waals surface area contributed by atoms with Crippen LogP contribution in [0.3, 0.4) is 0 Å². The van der Waals surface area contributed by atoms with Crippen molar-refractivity contribution < 1.29 is 9.05 Å². The minimum absolute atomic E-state index is 0.0305. The third kappa shape index (κ3) is 3.83. The van der Waals surface area contributed by atoms with Crippen LogP contribution < -0.4 is 13.7 Å². The number of anilines is 2. The van der Waals surface area contributed by atoms with Crippen LogP contribution in [0.25, 0.3) is 0 Å². The zero-order chi connectivity index (χ0) is 25.9. The van der Waals surface area contributed by atoms with Crippen molar-refractivity contribution in [2.24, 2.45) is 0 Å². The molecular weight excluding hydrogens is 437 g/mol.